The molecule has 1 aliphatic heterocycles. The summed E-state index contributed by atoms with van der Waals surface area (Å²) in [6.07, 6.45) is 0. The predicted octanol–water partition coefficient (Wildman–Crippen LogP) is 3.94. The third kappa shape index (κ3) is 4.73. The molecule has 1 aliphatic rings. The van der Waals surface area contributed by atoms with Crippen molar-refractivity contribution in [2.75, 3.05) is 39.5 Å². The highest BCUT2D eigenvalue weighted by atomic mass is 35.5. The maximum absolute atomic E-state index is 12.8. The number of hydrogen-bond acceptors (Lipinski definition) is 4. The summed E-state index contributed by atoms with van der Waals surface area (Å²) in [5, 5.41) is 0.703. The van der Waals surface area contributed by atoms with E-state index >= 15 is 0 Å². The second-order valence-electron chi connectivity index (χ2n) is 5.76. The van der Waals surface area contributed by atoms with Crippen LogP contribution in [0.5, 0.6) is 5.75 Å². The molecule has 0 N–H and O–H groups in total. The zero-order chi connectivity index (χ0) is 17.6. The predicted molar refractivity (Wildman–Crippen MR) is 99.1 cm³/mol. The average Bonchev–Trinajstić information content (AvgIpc) is 2.65. The normalized spacial score (nSPS) is 15.1. The van der Waals surface area contributed by atoms with Crippen molar-refractivity contribution in [2.24, 2.45) is 0 Å². The van der Waals surface area contributed by atoms with E-state index in [9.17, 15) is 4.79 Å². The molecule has 132 valence electrons. The van der Waals surface area contributed by atoms with E-state index in [1.807, 2.05) is 18.2 Å². The van der Waals surface area contributed by atoms with Crippen molar-refractivity contribution < 1.29 is 14.3 Å². The zero-order valence-corrected chi connectivity index (χ0v) is 15.2. The lowest BCUT2D eigenvalue weighted by Crippen LogP contribution is -2.38. The lowest BCUT2D eigenvalue weighted by atomic mass is 10.0. The van der Waals surface area contributed by atoms with Crippen molar-refractivity contribution in [1.82, 2.24) is 4.90 Å². The minimum absolute atomic E-state index is 0.138. The van der Waals surface area contributed by atoms with E-state index in [0.717, 1.165) is 32.8 Å². The standard InChI is InChI=1S/C19H19Cl2NO3/c20-16-12-15(19(23)14-4-2-1-3-5-14)18(13-17(16)21)25-11-8-22-6-9-24-10-7-22/h1-5,12-13H,6-11H2. The Morgan fingerprint density at radius 1 is 1.08 bits per heavy atom. The molecule has 1 saturated heterocycles. The molecule has 0 amide bonds. The minimum Gasteiger partial charge on any atom is -0.491 e. The maximum Gasteiger partial charge on any atom is 0.196 e. The van der Waals surface area contributed by atoms with Crippen LogP contribution in [0.25, 0.3) is 0 Å². The Morgan fingerprint density at radius 2 is 1.76 bits per heavy atom. The number of carbonyl (C=O) groups is 1. The van der Waals surface area contributed by atoms with Crippen LogP contribution in [0.15, 0.2) is 42.5 Å². The average molecular weight is 380 g/mol. The van der Waals surface area contributed by atoms with E-state index in [1.54, 1.807) is 24.3 Å². The summed E-state index contributed by atoms with van der Waals surface area (Å²) in [6, 6.07) is 12.2. The van der Waals surface area contributed by atoms with Crippen LogP contribution in [-0.4, -0.2) is 50.1 Å². The van der Waals surface area contributed by atoms with Crippen LogP contribution in [-0.2, 0) is 4.74 Å². The molecule has 2 aromatic carbocycles. The van der Waals surface area contributed by atoms with Crippen molar-refractivity contribution >= 4 is 29.0 Å². The molecule has 0 bridgehead atoms. The van der Waals surface area contributed by atoms with Crippen LogP contribution in [0, 0.1) is 0 Å². The van der Waals surface area contributed by atoms with E-state index in [1.165, 1.54) is 0 Å². The third-order valence-corrected chi connectivity index (χ3v) is 4.79. The van der Waals surface area contributed by atoms with Crippen LogP contribution in [0.4, 0.5) is 0 Å². The number of rotatable bonds is 6. The first-order valence-electron chi connectivity index (χ1n) is 8.17. The van der Waals surface area contributed by atoms with Crippen LogP contribution >= 0.6 is 23.2 Å². The van der Waals surface area contributed by atoms with E-state index in [2.05, 4.69) is 4.90 Å². The molecule has 6 heteroatoms. The second-order valence-corrected chi connectivity index (χ2v) is 6.57. The summed E-state index contributed by atoms with van der Waals surface area (Å²) in [4.78, 5) is 15.1. The fourth-order valence-corrected chi connectivity index (χ4v) is 3.00. The van der Waals surface area contributed by atoms with Gasteiger partial charge in [-0.1, -0.05) is 53.5 Å². The Bertz CT molecular complexity index is 731. The van der Waals surface area contributed by atoms with Crippen molar-refractivity contribution in [2.45, 2.75) is 0 Å². The van der Waals surface area contributed by atoms with Gasteiger partial charge in [0.05, 0.1) is 28.8 Å². The van der Waals surface area contributed by atoms with Crippen LogP contribution in [0.2, 0.25) is 10.0 Å². The first-order valence-corrected chi connectivity index (χ1v) is 8.92. The molecule has 0 unspecified atom stereocenters. The van der Waals surface area contributed by atoms with Gasteiger partial charge >= 0.3 is 0 Å². The number of halogens is 2. The van der Waals surface area contributed by atoms with E-state index in [-0.39, 0.29) is 5.78 Å². The fourth-order valence-electron chi connectivity index (χ4n) is 2.68. The number of hydrogen-bond donors (Lipinski definition) is 0. The quantitative estimate of drug-likeness (QED) is 0.712. The summed E-state index contributed by atoms with van der Waals surface area (Å²) >= 11 is 12.2. The zero-order valence-electron chi connectivity index (χ0n) is 13.7. The highest BCUT2D eigenvalue weighted by Crippen LogP contribution is 2.32. The van der Waals surface area contributed by atoms with Gasteiger partial charge in [0.25, 0.3) is 0 Å². The molecule has 2 aromatic rings. The molecule has 0 atom stereocenters. The van der Waals surface area contributed by atoms with Gasteiger partial charge in [0, 0.05) is 31.3 Å². The number of morpholine rings is 1. The summed E-state index contributed by atoms with van der Waals surface area (Å²) in [5.74, 6) is 0.317. The molecule has 4 nitrogen and oxygen atoms in total. The van der Waals surface area contributed by atoms with Crippen molar-refractivity contribution in [3.63, 3.8) is 0 Å². The highest BCUT2D eigenvalue weighted by Gasteiger charge is 2.18. The molecular weight excluding hydrogens is 361 g/mol. The molecule has 0 saturated carbocycles. The van der Waals surface area contributed by atoms with Gasteiger partial charge in [0.2, 0.25) is 0 Å². The summed E-state index contributed by atoms with van der Waals surface area (Å²) < 4.78 is 11.2. The summed E-state index contributed by atoms with van der Waals surface area (Å²) in [7, 11) is 0. The largest absolute Gasteiger partial charge is 0.491 e. The molecule has 25 heavy (non-hydrogen) atoms. The number of carbonyl (C=O) groups excluding carboxylic acids is 1. The van der Waals surface area contributed by atoms with Gasteiger partial charge in [-0.3, -0.25) is 9.69 Å². The van der Waals surface area contributed by atoms with Crippen molar-refractivity contribution in [3.8, 4) is 5.75 Å². The molecule has 1 heterocycles. The van der Waals surface area contributed by atoms with Crippen LogP contribution in [0.1, 0.15) is 15.9 Å². The Morgan fingerprint density at radius 3 is 2.48 bits per heavy atom. The Kier molecular flexibility index (Phi) is 6.32. The van der Waals surface area contributed by atoms with Gasteiger partial charge in [-0.15, -0.1) is 0 Å². The monoisotopic (exact) mass is 379 g/mol. The van der Waals surface area contributed by atoms with Gasteiger partial charge in [-0.05, 0) is 6.07 Å². The van der Waals surface area contributed by atoms with E-state index in [0.29, 0.717) is 33.5 Å². The number of ketones is 1. The maximum atomic E-state index is 12.8. The van der Waals surface area contributed by atoms with Gasteiger partial charge < -0.3 is 9.47 Å². The Hall–Kier alpha value is -1.59. The number of nitrogens with zero attached hydrogens (tertiary/aromatic N) is 1. The lowest BCUT2D eigenvalue weighted by Gasteiger charge is -2.26. The molecule has 0 radical (unpaired) electrons. The van der Waals surface area contributed by atoms with Gasteiger partial charge in [0.15, 0.2) is 5.78 Å². The van der Waals surface area contributed by atoms with E-state index in [4.69, 9.17) is 32.7 Å². The third-order valence-electron chi connectivity index (χ3n) is 4.07. The number of ether oxygens (including phenoxy) is 2. The molecule has 3 rings (SSSR count). The molecule has 0 aliphatic carbocycles. The Balaban J connectivity index is 1.75. The molecule has 0 aromatic heterocycles. The number of benzene rings is 2. The SMILES string of the molecule is O=C(c1ccccc1)c1cc(Cl)c(Cl)cc1OCCN1CCOCC1. The summed E-state index contributed by atoms with van der Waals surface area (Å²) in [5.41, 5.74) is 1.00. The first-order chi connectivity index (χ1) is 12.1. The topological polar surface area (TPSA) is 38.8 Å². The fraction of sp³-hybridized carbons (Fsp3) is 0.316. The lowest BCUT2D eigenvalue weighted by molar-refractivity contribution is 0.0322. The van der Waals surface area contributed by atoms with Crippen LogP contribution in [0.3, 0.4) is 0 Å². The second kappa shape index (κ2) is 8.68. The molecule has 0 spiro atoms. The van der Waals surface area contributed by atoms with Crippen LogP contribution < -0.4 is 4.74 Å². The van der Waals surface area contributed by atoms with Gasteiger partial charge in [0.1, 0.15) is 12.4 Å². The molecule has 1 fully saturated rings. The van der Waals surface area contributed by atoms with Crippen molar-refractivity contribution in [3.05, 3.63) is 63.6 Å². The van der Waals surface area contributed by atoms with Gasteiger partial charge in [-0.25, -0.2) is 0 Å². The highest BCUT2D eigenvalue weighted by molar-refractivity contribution is 6.42. The van der Waals surface area contributed by atoms with Gasteiger partial charge in [-0.2, -0.15) is 0 Å². The summed E-state index contributed by atoms with van der Waals surface area (Å²) in [6.45, 7) is 4.49. The van der Waals surface area contributed by atoms with E-state index < -0.39 is 0 Å². The smallest absolute Gasteiger partial charge is 0.196 e. The minimum atomic E-state index is -0.138. The molecular formula is C19H19Cl2NO3. The Labute approximate surface area is 157 Å². The first kappa shape index (κ1) is 18.2. The van der Waals surface area contributed by atoms with Crippen molar-refractivity contribution in [1.29, 1.82) is 0 Å².